The van der Waals surface area contributed by atoms with Crippen LogP contribution in [0.3, 0.4) is 0 Å². The minimum Gasteiger partial charge on any atom is -0.354 e. The molecular weight excluding hydrogens is 324 g/mol. The van der Waals surface area contributed by atoms with E-state index in [0.29, 0.717) is 6.42 Å². The van der Waals surface area contributed by atoms with Gasteiger partial charge in [0.2, 0.25) is 5.91 Å². The number of nitrogens with one attached hydrogen (secondary N) is 1. The molecule has 26 heavy (non-hydrogen) atoms. The molecule has 0 saturated carbocycles. The Balaban J connectivity index is 1.52. The van der Waals surface area contributed by atoms with Crippen LogP contribution in [-0.2, 0) is 18.4 Å². The van der Waals surface area contributed by atoms with Gasteiger partial charge in [-0.2, -0.15) is 0 Å². The Kier molecular flexibility index (Phi) is 6.25. The smallest absolute Gasteiger partial charge is 0.220 e. The number of aryl methyl sites for hydroxylation is 2. The van der Waals surface area contributed by atoms with Crippen molar-refractivity contribution in [3.05, 3.63) is 78.6 Å². The summed E-state index contributed by atoms with van der Waals surface area (Å²) in [6.45, 7) is 1.01. The summed E-state index contributed by atoms with van der Waals surface area (Å²) in [5.41, 5.74) is 1.04. The second-order valence-corrected chi connectivity index (χ2v) is 6.54. The maximum Gasteiger partial charge on any atom is 0.220 e. The van der Waals surface area contributed by atoms with Gasteiger partial charge in [-0.25, -0.2) is 4.98 Å². The van der Waals surface area contributed by atoms with Crippen LogP contribution in [-0.4, -0.2) is 20.0 Å². The fourth-order valence-corrected chi connectivity index (χ4v) is 3.11. The molecule has 0 aliphatic rings. The molecule has 2 aromatic heterocycles. The number of hydrogen-bond donors (Lipinski definition) is 1. The summed E-state index contributed by atoms with van der Waals surface area (Å²) >= 11 is 0. The standard InChI is InChI=1S/C21H26N4O/c1-24-17-13-22-21(24)20(18-10-4-2-5-11-18)23-19(26)12-6-3-7-14-25-15-8-9-16-25/h2,4-5,8-11,13,15-17,20H,3,6-7,12,14H2,1H3,(H,23,26)/t20-/m1/s1. The molecule has 0 unspecified atom stereocenters. The van der Waals surface area contributed by atoms with Crippen LogP contribution in [0.1, 0.15) is 43.1 Å². The molecule has 3 aromatic rings. The Morgan fingerprint density at radius 1 is 1.04 bits per heavy atom. The Bertz CT molecular complexity index is 793. The monoisotopic (exact) mass is 350 g/mol. The van der Waals surface area contributed by atoms with Crippen molar-refractivity contribution in [1.29, 1.82) is 0 Å². The highest BCUT2D eigenvalue weighted by molar-refractivity contribution is 5.76. The van der Waals surface area contributed by atoms with Crippen molar-refractivity contribution < 1.29 is 4.79 Å². The minimum atomic E-state index is -0.219. The number of rotatable bonds is 9. The number of hydrogen-bond acceptors (Lipinski definition) is 2. The predicted octanol–water partition coefficient (Wildman–Crippen LogP) is 3.69. The first-order valence-electron chi connectivity index (χ1n) is 9.16. The lowest BCUT2D eigenvalue weighted by molar-refractivity contribution is -0.121. The van der Waals surface area contributed by atoms with Gasteiger partial charge in [0.05, 0.1) is 0 Å². The number of carbonyl (C=O) groups excluding carboxylic acids is 1. The van der Waals surface area contributed by atoms with E-state index in [1.165, 1.54) is 0 Å². The zero-order valence-electron chi connectivity index (χ0n) is 15.2. The Labute approximate surface area is 154 Å². The van der Waals surface area contributed by atoms with Crippen molar-refractivity contribution in [3.63, 3.8) is 0 Å². The lowest BCUT2D eigenvalue weighted by Gasteiger charge is -2.19. The normalized spacial score (nSPS) is 12.0. The van der Waals surface area contributed by atoms with E-state index in [0.717, 1.165) is 37.2 Å². The van der Waals surface area contributed by atoms with E-state index in [-0.39, 0.29) is 11.9 Å². The van der Waals surface area contributed by atoms with Crippen molar-refractivity contribution in [2.45, 2.75) is 38.3 Å². The molecule has 1 amide bonds. The van der Waals surface area contributed by atoms with E-state index in [9.17, 15) is 4.79 Å². The Hall–Kier alpha value is -2.82. The van der Waals surface area contributed by atoms with Gasteiger partial charge >= 0.3 is 0 Å². The Morgan fingerprint density at radius 2 is 1.81 bits per heavy atom. The molecule has 5 heteroatoms. The van der Waals surface area contributed by atoms with Gasteiger partial charge in [0.1, 0.15) is 11.9 Å². The third-order valence-corrected chi connectivity index (χ3v) is 4.54. The summed E-state index contributed by atoms with van der Waals surface area (Å²) in [6, 6.07) is 13.9. The number of nitrogens with zero attached hydrogens (tertiary/aromatic N) is 3. The van der Waals surface area contributed by atoms with E-state index >= 15 is 0 Å². The van der Waals surface area contributed by atoms with Gasteiger partial charge < -0.3 is 14.5 Å². The van der Waals surface area contributed by atoms with Crippen molar-refractivity contribution in [2.24, 2.45) is 7.05 Å². The van der Waals surface area contributed by atoms with E-state index < -0.39 is 0 Å². The largest absolute Gasteiger partial charge is 0.354 e. The van der Waals surface area contributed by atoms with E-state index in [4.69, 9.17) is 0 Å². The molecule has 5 nitrogen and oxygen atoms in total. The molecule has 0 bridgehead atoms. The molecule has 3 rings (SSSR count). The third-order valence-electron chi connectivity index (χ3n) is 4.54. The van der Waals surface area contributed by atoms with Gasteiger partial charge in [0.15, 0.2) is 0 Å². The summed E-state index contributed by atoms with van der Waals surface area (Å²) in [5.74, 6) is 0.917. The molecule has 0 aliphatic heterocycles. The second-order valence-electron chi connectivity index (χ2n) is 6.54. The maximum absolute atomic E-state index is 12.5. The fraction of sp³-hybridized carbons (Fsp3) is 0.333. The molecule has 0 aliphatic carbocycles. The topological polar surface area (TPSA) is 51.9 Å². The SMILES string of the molecule is Cn1ccnc1[C@H](NC(=O)CCCCCn1cccc1)c1ccccc1. The van der Waals surface area contributed by atoms with Crippen LogP contribution in [0.2, 0.25) is 0 Å². The molecule has 136 valence electrons. The Morgan fingerprint density at radius 3 is 2.50 bits per heavy atom. The quantitative estimate of drug-likeness (QED) is 0.599. The summed E-state index contributed by atoms with van der Waals surface area (Å²) in [5, 5.41) is 3.15. The van der Waals surface area contributed by atoms with Gasteiger partial charge in [-0.15, -0.1) is 0 Å². The van der Waals surface area contributed by atoms with Gasteiger partial charge in [0, 0.05) is 44.8 Å². The van der Waals surface area contributed by atoms with Crippen molar-refractivity contribution in [3.8, 4) is 0 Å². The number of benzene rings is 1. The highest BCUT2D eigenvalue weighted by atomic mass is 16.1. The average molecular weight is 350 g/mol. The summed E-state index contributed by atoms with van der Waals surface area (Å²) in [4.78, 5) is 16.9. The highest BCUT2D eigenvalue weighted by Crippen LogP contribution is 2.20. The lowest BCUT2D eigenvalue weighted by Crippen LogP contribution is -2.30. The summed E-state index contributed by atoms with van der Waals surface area (Å²) in [6.07, 6.45) is 11.4. The van der Waals surface area contributed by atoms with Crippen LogP contribution >= 0.6 is 0 Å². The van der Waals surface area contributed by atoms with Gasteiger partial charge in [-0.3, -0.25) is 4.79 Å². The van der Waals surface area contributed by atoms with Crippen LogP contribution in [0.5, 0.6) is 0 Å². The molecular formula is C21H26N4O. The molecule has 1 N–H and O–H groups in total. The van der Waals surface area contributed by atoms with Gasteiger partial charge in [-0.1, -0.05) is 36.8 Å². The number of aromatic nitrogens is 3. The van der Waals surface area contributed by atoms with Crippen molar-refractivity contribution >= 4 is 5.91 Å². The molecule has 0 radical (unpaired) electrons. The molecule has 1 aromatic carbocycles. The third kappa shape index (κ3) is 4.85. The number of carbonyl (C=O) groups is 1. The van der Waals surface area contributed by atoms with Crippen molar-refractivity contribution in [1.82, 2.24) is 19.4 Å². The molecule has 1 atom stereocenters. The first-order valence-corrected chi connectivity index (χ1v) is 9.16. The highest BCUT2D eigenvalue weighted by Gasteiger charge is 2.20. The van der Waals surface area contributed by atoms with Crippen LogP contribution in [0, 0.1) is 0 Å². The number of amides is 1. The minimum absolute atomic E-state index is 0.0721. The fourth-order valence-electron chi connectivity index (χ4n) is 3.11. The van der Waals surface area contributed by atoms with E-state index in [2.05, 4.69) is 27.3 Å². The van der Waals surface area contributed by atoms with Gasteiger partial charge in [0.25, 0.3) is 0 Å². The molecule has 0 saturated heterocycles. The molecule has 0 fully saturated rings. The van der Waals surface area contributed by atoms with Crippen LogP contribution in [0.15, 0.2) is 67.3 Å². The zero-order valence-corrected chi connectivity index (χ0v) is 15.2. The van der Waals surface area contributed by atoms with Crippen molar-refractivity contribution in [2.75, 3.05) is 0 Å². The van der Waals surface area contributed by atoms with Crippen LogP contribution in [0.4, 0.5) is 0 Å². The summed E-state index contributed by atoms with van der Waals surface area (Å²) in [7, 11) is 1.95. The predicted molar refractivity (Wildman–Crippen MR) is 103 cm³/mol. The maximum atomic E-state index is 12.5. The summed E-state index contributed by atoms with van der Waals surface area (Å²) < 4.78 is 4.13. The number of imidazole rings is 1. The number of unbranched alkanes of at least 4 members (excludes halogenated alkanes) is 2. The second kappa shape index (κ2) is 9.04. The van der Waals surface area contributed by atoms with E-state index in [1.54, 1.807) is 6.20 Å². The molecule has 2 heterocycles. The van der Waals surface area contributed by atoms with Crippen LogP contribution in [0.25, 0.3) is 0 Å². The zero-order chi connectivity index (χ0) is 18.2. The van der Waals surface area contributed by atoms with Gasteiger partial charge in [-0.05, 0) is 30.5 Å². The lowest BCUT2D eigenvalue weighted by atomic mass is 10.1. The molecule has 0 spiro atoms. The van der Waals surface area contributed by atoms with Crippen LogP contribution < -0.4 is 5.32 Å². The first kappa shape index (κ1) is 18.0. The average Bonchev–Trinajstić information content (AvgIpc) is 3.32. The first-order chi connectivity index (χ1) is 12.7. The van der Waals surface area contributed by atoms with E-state index in [1.807, 2.05) is 60.3 Å².